The maximum atomic E-state index is 11.5. The molecule has 0 spiro atoms. The van der Waals surface area contributed by atoms with E-state index >= 15 is 0 Å². The number of benzene rings is 1. The van der Waals surface area contributed by atoms with Crippen LogP contribution in [0.15, 0.2) is 24.3 Å². The van der Waals surface area contributed by atoms with E-state index in [-0.39, 0.29) is 6.03 Å². The van der Waals surface area contributed by atoms with E-state index in [0.717, 1.165) is 44.9 Å². The van der Waals surface area contributed by atoms with Gasteiger partial charge < -0.3 is 20.7 Å². The fourth-order valence-corrected chi connectivity index (χ4v) is 2.95. The summed E-state index contributed by atoms with van der Waals surface area (Å²) in [7, 11) is 0. The van der Waals surface area contributed by atoms with E-state index in [9.17, 15) is 4.79 Å². The third-order valence-corrected chi connectivity index (χ3v) is 4.11. The Labute approximate surface area is 124 Å². The first-order valence-electron chi connectivity index (χ1n) is 7.48. The zero-order chi connectivity index (χ0) is 14.7. The highest BCUT2D eigenvalue weighted by Crippen LogP contribution is 2.20. The standard InChI is InChI=1S/C15H22N4O2/c16-13-4-1-2-5-14(13)21-9-3-6-18-7-8-19-12(11-18)10-17-15(19)20/h1-2,4-5,12H,3,6-11,16H2,(H,17,20). The summed E-state index contributed by atoms with van der Waals surface area (Å²) in [4.78, 5) is 15.9. The predicted molar refractivity (Wildman–Crippen MR) is 81.3 cm³/mol. The number of carbonyl (C=O) groups excluding carboxylic acids is 1. The number of nitrogens with zero attached hydrogens (tertiary/aromatic N) is 2. The zero-order valence-corrected chi connectivity index (χ0v) is 12.1. The van der Waals surface area contributed by atoms with Crippen molar-refractivity contribution >= 4 is 11.7 Å². The second-order valence-electron chi connectivity index (χ2n) is 5.57. The van der Waals surface area contributed by atoms with Crippen molar-refractivity contribution < 1.29 is 9.53 Å². The molecule has 2 aliphatic rings. The molecule has 114 valence electrons. The van der Waals surface area contributed by atoms with E-state index in [1.165, 1.54) is 0 Å². The molecule has 6 heteroatoms. The van der Waals surface area contributed by atoms with Gasteiger partial charge in [0, 0.05) is 32.7 Å². The molecule has 2 heterocycles. The molecule has 1 aromatic carbocycles. The van der Waals surface area contributed by atoms with Gasteiger partial charge in [-0.3, -0.25) is 4.90 Å². The average molecular weight is 290 g/mol. The van der Waals surface area contributed by atoms with Crippen LogP contribution in [0.1, 0.15) is 6.42 Å². The highest BCUT2D eigenvalue weighted by molar-refractivity contribution is 5.77. The van der Waals surface area contributed by atoms with Crippen LogP contribution < -0.4 is 15.8 Å². The van der Waals surface area contributed by atoms with Crippen molar-refractivity contribution in [1.82, 2.24) is 15.1 Å². The maximum absolute atomic E-state index is 11.5. The van der Waals surface area contributed by atoms with Crippen LogP contribution >= 0.6 is 0 Å². The molecule has 0 saturated carbocycles. The third kappa shape index (κ3) is 3.21. The number of amides is 2. The van der Waals surface area contributed by atoms with Crippen LogP contribution in [0.5, 0.6) is 5.75 Å². The minimum atomic E-state index is 0.0857. The molecule has 3 N–H and O–H groups in total. The Morgan fingerprint density at radius 1 is 1.33 bits per heavy atom. The fraction of sp³-hybridized carbons (Fsp3) is 0.533. The van der Waals surface area contributed by atoms with Crippen LogP contribution in [0, 0.1) is 0 Å². The van der Waals surface area contributed by atoms with E-state index in [4.69, 9.17) is 10.5 Å². The molecule has 3 rings (SSSR count). The van der Waals surface area contributed by atoms with Crippen LogP contribution in [-0.2, 0) is 0 Å². The van der Waals surface area contributed by atoms with Crippen molar-refractivity contribution in [3.8, 4) is 5.75 Å². The monoisotopic (exact) mass is 290 g/mol. The number of ether oxygens (including phenoxy) is 1. The van der Waals surface area contributed by atoms with E-state index in [1.54, 1.807) is 0 Å². The Balaban J connectivity index is 1.39. The summed E-state index contributed by atoms with van der Waals surface area (Å²) in [5.41, 5.74) is 6.52. The number of hydrogen-bond donors (Lipinski definition) is 2. The number of rotatable bonds is 5. The van der Waals surface area contributed by atoms with Gasteiger partial charge in [0.1, 0.15) is 5.75 Å². The summed E-state index contributed by atoms with van der Waals surface area (Å²) < 4.78 is 5.70. The highest BCUT2D eigenvalue weighted by Gasteiger charge is 2.34. The quantitative estimate of drug-likeness (QED) is 0.620. The number of carbonyl (C=O) groups is 1. The van der Waals surface area contributed by atoms with Gasteiger partial charge in [-0.05, 0) is 18.6 Å². The van der Waals surface area contributed by atoms with Crippen molar-refractivity contribution in [1.29, 1.82) is 0 Å². The van der Waals surface area contributed by atoms with Crippen LogP contribution in [0.2, 0.25) is 0 Å². The number of anilines is 1. The van der Waals surface area contributed by atoms with Crippen molar-refractivity contribution in [3.05, 3.63) is 24.3 Å². The molecule has 1 atom stereocenters. The Bertz CT molecular complexity index is 508. The number of nitrogens with one attached hydrogen (secondary N) is 1. The number of urea groups is 1. The topological polar surface area (TPSA) is 70.8 Å². The largest absolute Gasteiger partial charge is 0.491 e. The Hall–Kier alpha value is -1.95. The van der Waals surface area contributed by atoms with Crippen LogP contribution in [-0.4, -0.2) is 61.2 Å². The first-order chi connectivity index (χ1) is 10.2. The smallest absolute Gasteiger partial charge is 0.317 e. The summed E-state index contributed by atoms with van der Waals surface area (Å²) in [5, 5.41) is 2.90. The Morgan fingerprint density at radius 3 is 3.05 bits per heavy atom. The molecule has 2 fully saturated rings. The molecule has 2 aliphatic heterocycles. The van der Waals surface area contributed by atoms with Gasteiger partial charge in [0.25, 0.3) is 0 Å². The van der Waals surface area contributed by atoms with Gasteiger partial charge in [0.2, 0.25) is 0 Å². The van der Waals surface area contributed by atoms with Gasteiger partial charge in [-0.15, -0.1) is 0 Å². The minimum absolute atomic E-state index is 0.0857. The van der Waals surface area contributed by atoms with Crippen molar-refractivity contribution in [2.24, 2.45) is 0 Å². The summed E-state index contributed by atoms with van der Waals surface area (Å²) in [6, 6.07) is 7.98. The molecule has 1 aromatic rings. The highest BCUT2D eigenvalue weighted by atomic mass is 16.5. The van der Waals surface area contributed by atoms with Gasteiger partial charge in [-0.1, -0.05) is 12.1 Å². The van der Waals surface area contributed by atoms with E-state index in [0.29, 0.717) is 18.3 Å². The summed E-state index contributed by atoms with van der Waals surface area (Å²) in [6.07, 6.45) is 0.961. The normalized spacial score (nSPS) is 22.0. The van der Waals surface area contributed by atoms with Gasteiger partial charge in [0.15, 0.2) is 0 Å². The van der Waals surface area contributed by atoms with E-state index < -0.39 is 0 Å². The first kappa shape index (κ1) is 14.0. The van der Waals surface area contributed by atoms with Crippen LogP contribution in [0.4, 0.5) is 10.5 Å². The molecular weight excluding hydrogens is 268 g/mol. The summed E-state index contributed by atoms with van der Waals surface area (Å²) in [6.45, 7) is 5.14. The van der Waals surface area contributed by atoms with Crippen LogP contribution in [0.3, 0.4) is 0 Å². The lowest BCUT2D eigenvalue weighted by molar-refractivity contribution is 0.116. The number of para-hydroxylation sites is 2. The number of hydrogen-bond acceptors (Lipinski definition) is 4. The molecule has 6 nitrogen and oxygen atoms in total. The Morgan fingerprint density at radius 2 is 2.19 bits per heavy atom. The SMILES string of the molecule is Nc1ccccc1OCCCN1CCN2C(=O)NCC2C1. The molecule has 0 bridgehead atoms. The van der Waals surface area contributed by atoms with Gasteiger partial charge in [-0.25, -0.2) is 4.79 Å². The zero-order valence-electron chi connectivity index (χ0n) is 12.1. The number of nitrogen functional groups attached to an aromatic ring is 1. The molecule has 2 saturated heterocycles. The van der Waals surface area contributed by atoms with Gasteiger partial charge in [0.05, 0.1) is 18.3 Å². The molecule has 1 unspecified atom stereocenters. The fourth-order valence-electron chi connectivity index (χ4n) is 2.95. The Kier molecular flexibility index (Phi) is 4.15. The summed E-state index contributed by atoms with van der Waals surface area (Å²) >= 11 is 0. The van der Waals surface area contributed by atoms with Gasteiger partial charge >= 0.3 is 6.03 Å². The predicted octanol–water partition coefficient (Wildman–Crippen LogP) is 0.747. The first-order valence-corrected chi connectivity index (χ1v) is 7.48. The second kappa shape index (κ2) is 6.22. The van der Waals surface area contributed by atoms with Crippen molar-refractivity contribution in [2.45, 2.75) is 12.5 Å². The maximum Gasteiger partial charge on any atom is 0.317 e. The molecule has 0 aromatic heterocycles. The molecular formula is C15H22N4O2. The molecule has 21 heavy (non-hydrogen) atoms. The third-order valence-electron chi connectivity index (χ3n) is 4.11. The van der Waals surface area contributed by atoms with E-state index in [1.807, 2.05) is 29.2 Å². The van der Waals surface area contributed by atoms with Crippen molar-refractivity contribution in [3.63, 3.8) is 0 Å². The molecule has 0 radical (unpaired) electrons. The molecule has 2 amide bonds. The number of nitrogens with two attached hydrogens (primary N) is 1. The minimum Gasteiger partial charge on any atom is -0.491 e. The summed E-state index contributed by atoms with van der Waals surface area (Å²) in [5.74, 6) is 0.757. The lowest BCUT2D eigenvalue weighted by atomic mass is 10.2. The number of piperazine rings is 1. The van der Waals surface area contributed by atoms with Gasteiger partial charge in [-0.2, -0.15) is 0 Å². The average Bonchev–Trinajstić information content (AvgIpc) is 2.86. The lowest BCUT2D eigenvalue weighted by Gasteiger charge is -2.36. The number of fused-ring (bicyclic) bond motifs is 1. The van der Waals surface area contributed by atoms with Crippen LogP contribution in [0.25, 0.3) is 0 Å². The van der Waals surface area contributed by atoms with Crippen molar-refractivity contribution in [2.75, 3.05) is 45.1 Å². The van der Waals surface area contributed by atoms with E-state index in [2.05, 4.69) is 10.2 Å². The second-order valence-corrected chi connectivity index (χ2v) is 5.57. The lowest BCUT2D eigenvalue weighted by Crippen LogP contribution is -2.52. The molecule has 0 aliphatic carbocycles.